The lowest BCUT2D eigenvalue weighted by atomic mass is 10.1. The van der Waals surface area contributed by atoms with Crippen LogP contribution < -0.4 is 10.6 Å². The molecular weight excluding hydrogens is 180 g/mol. The highest BCUT2D eigenvalue weighted by Crippen LogP contribution is 2.00. The molecule has 1 amide bonds. The fourth-order valence-corrected chi connectivity index (χ4v) is 1.06. The number of rotatable bonds is 5. The van der Waals surface area contributed by atoms with E-state index in [0.717, 1.165) is 13.2 Å². The molecule has 2 N–H and O–H groups in total. The summed E-state index contributed by atoms with van der Waals surface area (Å²) < 4.78 is 4.99. The van der Waals surface area contributed by atoms with Crippen LogP contribution >= 0.6 is 0 Å². The Morgan fingerprint density at radius 2 is 2.07 bits per heavy atom. The molecule has 1 unspecified atom stereocenters. The lowest BCUT2D eigenvalue weighted by Gasteiger charge is -2.27. The van der Waals surface area contributed by atoms with Gasteiger partial charge >= 0.3 is 0 Å². The summed E-state index contributed by atoms with van der Waals surface area (Å²) in [5, 5.41) is 6.07. The maximum Gasteiger partial charge on any atom is 0.234 e. The fourth-order valence-electron chi connectivity index (χ4n) is 1.06. The zero-order valence-corrected chi connectivity index (χ0v) is 9.17. The Balaban J connectivity index is 2.08. The first-order chi connectivity index (χ1) is 6.59. The van der Waals surface area contributed by atoms with Crippen molar-refractivity contribution in [2.45, 2.75) is 32.9 Å². The predicted molar refractivity (Wildman–Crippen MR) is 55.1 cm³/mol. The van der Waals surface area contributed by atoms with Gasteiger partial charge in [0.15, 0.2) is 0 Å². The molecule has 0 aromatic carbocycles. The standard InChI is InChI=1S/C10H20N2O2/c1-7(2)8(3)12-10(13)4-11-9-5-14-6-9/h7-9,11H,4-6H2,1-3H3,(H,12,13). The molecule has 14 heavy (non-hydrogen) atoms. The van der Waals surface area contributed by atoms with Crippen molar-refractivity contribution < 1.29 is 9.53 Å². The fraction of sp³-hybridized carbons (Fsp3) is 0.900. The number of carbonyl (C=O) groups is 1. The highest BCUT2D eigenvalue weighted by atomic mass is 16.5. The number of carbonyl (C=O) groups excluding carboxylic acids is 1. The summed E-state index contributed by atoms with van der Waals surface area (Å²) in [5.41, 5.74) is 0. The summed E-state index contributed by atoms with van der Waals surface area (Å²) in [6.45, 7) is 8.07. The summed E-state index contributed by atoms with van der Waals surface area (Å²) in [4.78, 5) is 11.4. The van der Waals surface area contributed by atoms with Gasteiger partial charge in [-0.2, -0.15) is 0 Å². The van der Waals surface area contributed by atoms with Crippen molar-refractivity contribution >= 4 is 5.91 Å². The summed E-state index contributed by atoms with van der Waals surface area (Å²) >= 11 is 0. The molecule has 0 spiro atoms. The molecule has 1 aliphatic heterocycles. The molecule has 1 heterocycles. The van der Waals surface area contributed by atoms with Gasteiger partial charge in [0.2, 0.25) is 5.91 Å². The lowest BCUT2D eigenvalue weighted by Crippen LogP contribution is -2.50. The number of hydrogen-bond donors (Lipinski definition) is 2. The number of nitrogens with one attached hydrogen (secondary N) is 2. The molecule has 0 bridgehead atoms. The molecule has 1 rings (SSSR count). The molecule has 0 aromatic rings. The summed E-state index contributed by atoms with van der Waals surface area (Å²) in [7, 11) is 0. The minimum atomic E-state index is 0.0677. The molecule has 82 valence electrons. The van der Waals surface area contributed by atoms with E-state index in [1.807, 2.05) is 6.92 Å². The molecule has 1 aliphatic rings. The van der Waals surface area contributed by atoms with Crippen molar-refractivity contribution in [3.05, 3.63) is 0 Å². The second-order valence-electron chi connectivity index (χ2n) is 4.22. The van der Waals surface area contributed by atoms with Gasteiger partial charge in [0.05, 0.1) is 25.8 Å². The van der Waals surface area contributed by atoms with Crippen LogP contribution in [-0.2, 0) is 9.53 Å². The molecule has 1 saturated heterocycles. The zero-order valence-electron chi connectivity index (χ0n) is 9.17. The van der Waals surface area contributed by atoms with Gasteiger partial charge in [-0.1, -0.05) is 13.8 Å². The van der Waals surface area contributed by atoms with Crippen molar-refractivity contribution in [3.8, 4) is 0 Å². The molecule has 1 fully saturated rings. The van der Waals surface area contributed by atoms with Crippen molar-refractivity contribution in [1.82, 2.24) is 10.6 Å². The third kappa shape index (κ3) is 3.64. The van der Waals surface area contributed by atoms with Gasteiger partial charge < -0.3 is 15.4 Å². The van der Waals surface area contributed by atoms with E-state index in [4.69, 9.17) is 4.74 Å². The topological polar surface area (TPSA) is 50.4 Å². The molecule has 0 radical (unpaired) electrons. The highest BCUT2D eigenvalue weighted by molar-refractivity contribution is 5.78. The largest absolute Gasteiger partial charge is 0.378 e. The van der Waals surface area contributed by atoms with Gasteiger partial charge in [-0.3, -0.25) is 4.79 Å². The minimum Gasteiger partial charge on any atom is -0.378 e. The smallest absolute Gasteiger partial charge is 0.234 e. The van der Waals surface area contributed by atoms with Gasteiger partial charge in [0.25, 0.3) is 0 Å². The second-order valence-corrected chi connectivity index (χ2v) is 4.22. The predicted octanol–water partition coefficient (Wildman–Crippen LogP) is 0.136. The summed E-state index contributed by atoms with van der Waals surface area (Å²) in [6, 6.07) is 0.608. The van der Waals surface area contributed by atoms with Gasteiger partial charge in [-0.15, -0.1) is 0 Å². The Kier molecular flexibility index (Phi) is 4.35. The monoisotopic (exact) mass is 200 g/mol. The van der Waals surface area contributed by atoms with E-state index in [-0.39, 0.29) is 11.9 Å². The molecule has 1 atom stereocenters. The summed E-state index contributed by atoms with van der Waals surface area (Å²) in [6.07, 6.45) is 0. The third-order valence-electron chi connectivity index (χ3n) is 2.58. The van der Waals surface area contributed by atoms with Gasteiger partial charge in [-0.25, -0.2) is 0 Å². The van der Waals surface area contributed by atoms with Crippen LogP contribution in [-0.4, -0.2) is 37.7 Å². The van der Waals surface area contributed by atoms with Gasteiger partial charge in [0, 0.05) is 6.04 Å². The van der Waals surface area contributed by atoms with Crippen LogP contribution in [0, 0.1) is 5.92 Å². The molecule has 4 heteroatoms. The first-order valence-electron chi connectivity index (χ1n) is 5.20. The minimum absolute atomic E-state index is 0.0677. The van der Waals surface area contributed by atoms with E-state index in [1.54, 1.807) is 0 Å². The van der Waals surface area contributed by atoms with Crippen molar-refractivity contribution in [2.75, 3.05) is 19.8 Å². The van der Waals surface area contributed by atoms with Crippen molar-refractivity contribution in [3.63, 3.8) is 0 Å². The Morgan fingerprint density at radius 3 is 2.50 bits per heavy atom. The molecule has 0 aliphatic carbocycles. The maximum absolute atomic E-state index is 11.4. The quantitative estimate of drug-likeness (QED) is 0.663. The van der Waals surface area contributed by atoms with E-state index in [9.17, 15) is 4.79 Å². The molecule has 0 aromatic heterocycles. The Hall–Kier alpha value is -0.610. The van der Waals surface area contributed by atoms with E-state index in [2.05, 4.69) is 24.5 Å². The molecular formula is C10H20N2O2. The van der Waals surface area contributed by atoms with Gasteiger partial charge in [0.1, 0.15) is 0 Å². The zero-order chi connectivity index (χ0) is 10.6. The SMILES string of the molecule is CC(C)C(C)NC(=O)CNC1COC1. The van der Waals surface area contributed by atoms with E-state index >= 15 is 0 Å². The van der Waals surface area contributed by atoms with Crippen LogP contribution in [0.3, 0.4) is 0 Å². The second kappa shape index (κ2) is 5.32. The van der Waals surface area contributed by atoms with E-state index in [1.165, 1.54) is 0 Å². The normalized spacial score (nSPS) is 19.1. The van der Waals surface area contributed by atoms with E-state index in [0.29, 0.717) is 18.5 Å². The molecule has 0 saturated carbocycles. The van der Waals surface area contributed by atoms with Crippen LogP contribution in [0.15, 0.2) is 0 Å². The van der Waals surface area contributed by atoms with Crippen LogP contribution in [0.4, 0.5) is 0 Å². The van der Waals surface area contributed by atoms with Crippen molar-refractivity contribution in [1.29, 1.82) is 0 Å². The Morgan fingerprint density at radius 1 is 1.43 bits per heavy atom. The number of ether oxygens (including phenoxy) is 1. The first-order valence-corrected chi connectivity index (χ1v) is 5.20. The van der Waals surface area contributed by atoms with Gasteiger partial charge in [-0.05, 0) is 12.8 Å². The first kappa shape index (κ1) is 11.5. The van der Waals surface area contributed by atoms with Crippen molar-refractivity contribution in [2.24, 2.45) is 5.92 Å². The third-order valence-corrected chi connectivity index (χ3v) is 2.58. The van der Waals surface area contributed by atoms with Crippen LogP contribution in [0.1, 0.15) is 20.8 Å². The average molecular weight is 200 g/mol. The number of amides is 1. The van der Waals surface area contributed by atoms with Crippen LogP contribution in [0.5, 0.6) is 0 Å². The lowest BCUT2D eigenvalue weighted by molar-refractivity contribution is -0.121. The molecule has 4 nitrogen and oxygen atoms in total. The van der Waals surface area contributed by atoms with E-state index < -0.39 is 0 Å². The summed E-state index contributed by atoms with van der Waals surface area (Å²) in [5.74, 6) is 0.545. The highest BCUT2D eigenvalue weighted by Gasteiger charge is 2.18. The van der Waals surface area contributed by atoms with Crippen LogP contribution in [0.25, 0.3) is 0 Å². The number of hydrogen-bond acceptors (Lipinski definition) is 3. The Bertz CT molecular complexity index is 191. The Labute approximate surface area is 85.4 Å². The maximum atomic E-state index is 11.4. The average Bonchev–Trinajstić information content (AvgIpc) is 2.00. The van der Waals surface area contributed by atoms with Crippen LogP contribution in [0.2, 0.25) is 0 Å².